The molecule has 7 nitrogen and oxygen atoms in total. The molecule has 0 bridgehead atoms. The summed E-state index contributed by atoms with van der Waals surface area (Å²) in [7, 11) is 0. The van der Waals surface area contributed by atoms with E-state index in [1.165, 1.54) is 0 Å². The molecule has 2 aromatic heterocycles. The van der Waals surface area contributed by atoms with Crippen LogP contribution in [0.3, 0.4) is 0 Å². The number of carboxylic acid groups (broad SMARTS) is 1. The van der Waals surface area contributed by atoms with Gasteiger partial charge in [0.15, 0.2) is 11.6 Å². The minimum Gasteiger partial charge on any atom is -0.483 e. The first-order valence-electron chi connectivity index (χ1n) is 6.01. The Labute approximate surface area is 110 Å². The lowest BCUT2D eigenvalue weighted by Gasteiger charge is -2.10. The van der Waals surface area contributed by atoms with Gasteiger partial charge >= 0.3 is 0 Å². The Balaban J connectivity index is 0.000000408. The van der Waals surface area contributed by atoms with Gasteiger partial charge in [-0.2, -0.15) is 0 Å². The average Bonchev–Trinajstić information content (AvgIpc) is 3.11. The van der Waals surface area contributed by atoms with Gasteiger partial charge in [-0.15, -0.1) is 0 Å². The summed E-state index contributed by atoms with van der Waals surface area (Å²) in [4.78, 5) is 20.0. The van der Waals surface area contributed by atoms with E-state index in [9.17, 15) is 0 Å². The molecule has 2 aromatic rings. The molecule has 1 atom stereocenters. The van der Waals surface area contributed by atoms with Crippen LogP contribution >= 0.6 is 0 Å². The Bertz CT molecular complexity index is 489. The van der Waals surface area contributed by atoms with Crippen molar-refractivity contribution in [3.8, 4) is 11.6 Å². The monoisotopic (exact) mass is 264 g/mol. The summed E-state index contributed by atoms with van der Waals surface area (Å²) < 4.78 is 7.52. The number of carbonyl (C=O) groups is 1. The van der Waals surface area contributed by atoms with Crippen LogP contribution in [0.25, 0.3) is 11.6 Å². The molecule has 0 aromatic carbocycles. The highest BCUT2D eigenvalue weighted by molar-refractivity contribution is 5.43. The second-order valence-corrected chi connectivity index (χ2v) is 4.18. The molecule has 2 N–H and O–H groups in total. The van der Waals surface area contributed by atoms with Gasteiger partial charge in [0, 0.05) is 43.9 Å². The van der Waals surface area contributed by atoms with Gasteiger partial charge in [0.1, 0.15) is 0 Å². The first-order chi connectivity index (χ1) is 9.35. The van der Waals surface area contributed by atoms with Crippen LogP contribution in [0.15, 0.2) is 24.8 Å². The van der Waals surface area contributed by atoms with Crippen molar-refractivity contribution >= 4 is 6.47 Å². The van der Waals surface area contributed by atoms with Gasteiger partial charge in [-0.3, -0.25) is 4.79 Å². The predicted molar refractivity (Wildman–Crippen MR) is 67.4 cm³/mol. The number of ether oxygens (including phenoxy) is 1. The Hall–Kier alpha value is -2.15. The predicted octanol–water partition coefficient (Wildman–Crippen LogP) is 1.01. The topological polar surface area (TPSA) is 93.0 Å². The minimum absolute atomic E-state index is 0.250. The SMILES string of the molecule is O=CO.c1c[nH]c(-c2nccn2CC2CCOC2)n1. The van der Waals surface area contributed by atoms with Crippen LogP contribution in [-0.2, 0) is 16.1 Å². The standard InChI is InChI=1S/C11H14N4O.CH2O2/c1-6-16-8-9(1)7-15-5-4-14-11(15)10-12-2-3-13-10;2-1-3/h2-5,9H,1,6-8H2,(H,12,13);1H,(H,2,3). The molecule has 1 aliphatic heterocycles. The van der Waals surface area contributed by atoms with E-state index in [0.29, 0.717) is 5.92 Å². The van der Waals surface area contributed by atoms with Crippen LogP contribution < -0.4 is 0 Å². The molecule has 3 rings (SSSR count). The van der Waals surface area contributed by atoms with Crippen molar-refractivity contribution in [3.63, 3.8) is 0 Å². The van der Waals surface area contributed by atoms with Crippen molar-refractivity contribution in [2.75, 3.05) is 13.2 Å². The lowest BCUT2D eigenvalue weighted by Crippen LogP contribution is -2.11. The molecule has 1 unspecified atom stereocenters. The summed E-state index contributed by atoms with van der Waals surface area (Å²) >= 11 is 0. The normalized spacial score (nSPS) is 17.8. The number of aromatic amines is 1. The van der Waals surface area contributed by atoms with E-state index in [0.717, 1.165) is 37.8 Å². The minimum atomic E-state index is -0.250. The van der Waals surface area contributed by atoms with Gasteiger partial charge < -0.3 is 19.4 Å². The number of hydrogen-bond donors (Lipinski definition) is 2. The summed E-state index contributed by atoms with van der Waals surface area (Å²) in [5.41, 5.74) is 0. The first-order valence-corrected chi connectivity index (χ1v) is 6.01. The third-order valence-electron chi connectivity index (χ3n) is 2.90. The number of aromatic nitrogens is 4. The van der Waals surface area contributed by atoms with Crippen LogP contribution in [-0.4, -0.2) is 44.3 Å². The molecular weight excluding hydrogens is 248 g/mol. The highest BCUT2D eigenvalue weighted by Gasteiger charge is 2.18. The molecule has 19 heavy (non-hydrogen) atoms. The summed E-state index contributed by atoms with van der Waals surface area (Å²) in [6, 6.07) is 0. The van der Waals surface area contributed by atoms with Crippen molar-refractivity contribution in [2.24, 2.45) is 5.92 Å². The zero-order chi connectivity index (χ0) is 13.5. The van der Waals surface area contributed by atoms with E-state index in [1.54, 1.807) is 6.20 Å². The van der Waals surface area contributed by atoms with Crippen LogP contribution in [0.1, 0.15) is 6.42 Å². The van der Waals surface area contributed by atoms with Crippen molar-refractivity contribution in [1.29, 1.82) is 0 Å². The molecule has 3 heterocycles. The lowest BCUT2D eigenvalue weighted by atomic mass is 10.1. The number of nitrogens with one attached hydrogen (secondary N) is 1. The van der Waals surface area contributed by atoms with Crippen molar-refractivity contribution in [1.82, 2.24) is 19.5 Å². The molecule has 7 heteroatoms. The van der Waals surface area contributed by atoms with E-state index >= 15 is 0 Å². The molecule has 0 aliphatic carbocycles. The Morgan fingerprint density at radius 3 is 3.00 bits per heavy atom. The Morgan fingerprint density at radius 1 is 1.53 bits per heavy atom. The average molecular weight is 264 g/mol. The van der Waals surface area contributed by atoms with Crippen molar-refractivity contribution < 1.29 is 14.6 Å². The summed E-state index contributed by atoms with van der Waals surface area (Å²) in [5.74, 6) is 2.32. The fourth-order valence-electron chi connectivity index (χ4n) is 2.07. The zero-order valence-electron chi connectivity index (χ0n) is 10.4. The molecule has 1 saturated heterocycles. The number of hydrogen-bond acceptors (Lipinski definition) is 4. The Morgan fingerprint density at radius 2 is 2.37 bits per heavy atom. The molecule has 0 spiro atoms. The van der Waals surface area contributed by atoms with Crippen molar-refractivity contribution in [2.45, 2.75) is 13.0 Å². The van der Waals surface area contributed by atoms with Crippen LogP contribution in [0.4, 0.5) is 0 Å². The van der Waals surface area contributed by atoms with Gasteiger partial charge in [0.25, 0.3) is 6.47 Å². The highest BCUT2D eigenvalue weighted by Crippen LogP contribution is 2.18. The third kappa shape index (κ3) is 3.41. The zero-order valence-corrected chi connectivity index (χ0v) is 10.4. The van der Waals surface area contributed by atoms with Gasteiger partial charge in [-0.05, 0) is 6.42 Å². The fourth-order valence-corrected chi connectivity index (χ4v) is 2.07. The summed E-state index contributed by atoms with van der Waals surface area (Å²) in [6.07, 6.45) is 8.50. The molecular formula is C12H16N4O3. The van der Waals surface area contributed by atoms with Gasteiger partial charge in [-0.25, -0.2) is 9.97 Å². The van der Waals surface area contributed by atoms with Gasteiger partial charge in [-0.1, -0.05) is 0 Å². The summed E-state index contributed by atoms with van der Waals surface area (Å²) in [5, 5.41) is 6.89. The molecule has 102 valence electrons. The lowest BCUT2D eigenvalue weighted by molar-refractivity contribution is -0.122. The van der Waals surface area contributed by atoms with Gasteiger partial charge in [0.2, 0.25) is 0 Å². The number of imidazole rings is 2. The Kier molecular flexibility index (Phi) is 4.68. The van der Waals surface area contributed by atoms with E-state index in [2.05, 4.69) is 19.5 Å². The largest absolute Gasteiger partial charge is 0.483 e. The van der Waals surface area contributed by atoms with E-state index in [4.69, 9.17) is 14.6 Å². The van der Waals surface area contributed by atoms with Crippen molar-refractivity contribution in [3.05, 3.63) is 24.8 Å². The molecule has 1 aliphatic rings. The maximum absolute atomic E-state index is 8.36. The van der Waals surface area contributed by atoms with Crippen LogP contribution in [0.5, 0.6) is 0 Å². The maximum Gasteiger partial charge on any atom is 0.290 e. The quantitative estimate of drug-likeness (QED) is 0.807. The number of H-pyrrole nitrogens is 1. The van der Waals surface area contributed by atoms with Crippen LogP contribution in [0.2, 0.25) is 0 Å². The van der Waals surface area contributed by atoms with Crippen LogP contribution in [0, 0.1) is 5.92 Å². The molecule has 0 amide bonds. The van der Waals surface area contributed by atoms with E-state index in [1.807, 2.05) is 18.6 Å². The second kappa shape index (κ2) is 6.69. The van der Waals surface area contributed by atoms with E-state index < -0.39 is 0 Å². The second-order valence-electron chi connectivity index (χ2n) is 4.18. The summed E-state index contributed by atoms with van der Waals surface area (Å²) in [6.45, 7) is 2.45. The van der Waals surface area contributed by atoms with Gasteiger partial charge in [0.05, 0.1) is 6.61 Å². The smallest absolute Gasteiger partial charge is 0.290 e. The highest BCUT2D eigenvalue weighted by atomic mass is 16.5. The third-order valence-corrected chi connectivity index (χ3v) is 2.90. The molecule has 0 saturated carbocycles. The maximum atomic E-state index is 8.36. The number of nitrogens with zero attached hydrogens (tertiary/aromatic N) is 3. The first kappa shape index (κ1) is 13.3. The fraction of sp³-hybridized carbons (Fsp3) is 0.417. The molecule has 1 fully saturated rings. The molecule has 0 radical (unpaired) electrons. The number of rotatable bonds is 3. The van der Waals surface area contributed by atoms with E-state index in [-0.39, 0.29) is 6.47 Å².